The summed E-state index contributed by atoms with van der Waals surface area (Å²) in [6.07, 6.45) is 0. The highest BCUT2D eigenvalue weighted by atomic mass is 127. The molecule has 27 heavy (non-hydrogen) atoms. The van der Waals surface area contributed by atoms with Crippen molar-refractivity contribution < 1.29 is 0 Å². The standard InChI is InChI=1S/C26H21I/c27-20-21-16-18-25(19-17-21)26(22-10-4-1-5-11-22,23-12-6-2-7-13-23)24-14-8-3-9-15-24/h1-19H,20H2. The molecule has 0 atom stereocenters. The third kappa shape index (κ3) is 3.32. The number of benzene rings is 4. The van der Waals surface area contributed by atoms with Crippen LogP contribution in [-0.2, 0) is 9.84 Å². The molecule has 1 heteroatoms. The van der Waals surface area contributed by atoms with Crippen LogP contribution in [0.5, 0.6) is 0 Å². The van der Waals surface area contributed by atoms with Gasteiger partial charge in [0.2, 0.25) is 0 Å². The highest BCUT2D eigenvalue weighted by Crippen LogP contribution is 2.44. The highest BCUT2D eigenvalue weighted by molar-refractivity contribution is 14.1. The van der Waals surface area contributed by atoms with Crippen LogP contribution in [-0.4, -0.2) is 0 Å². The van der Waals surface area contributed by atoms with Crippen molar-refractivity contribution in [1.82, 2.24) is 0 Å². The van der Waals surface area contributed by atoms with Crippen LogP contribution in [0, 0.1) is 0 Å². The topological polar surface area (TPSA) is 0 Å². The average Bonchev–Trinajstić information content (AvgIpc) is 2.77. The lowest BCUT2D eigenvalue weighted by atomic mass is 9.65. The third-order valence-corrected chi connectivity index (χ3v) is 6.04. The molecule has 4 aromatic rings. The van der Waals surface area contributed by atoms with E-state index < -0.39 is 0 Å². The van der Waals surface area contributed by atoms with Crippen LogP contribution in [0.25, 0.3) is 0 Å². The first kappa shape index (κ1) is 18.0. The van der Waals surface area contributed by atoms with Crippen LogP contribution >= 0.6 is 22.6 Å². The minimum Gasteiger partial charge on any atom is -0.0812 e. The van der Waals surface area contributed by atoms with E-state index in [-0.39, 0.29) is 5.41 Å². The monoisotopic (exact) mass is 460 g/mol. The molecule has 0 aliphatic carbocycles. The number of hydrogen-bond donors (Lipinski definition) is 0. The van der Waals surface area contributed by atoms with E-state index in [0.29, 0.717) is 0 Å². The van der Waals surface area contributed by atoms with E-state index in [4.69, 9.17) is 0 Å². The van der Waals surface area contributed by atoms with E-state index in [2.05, 4.69) is 138 Å². The molecule has 132 valence electrons. The van der Waals surface area contributed by atoms with Gasteiger partial charge in [-0.15, -0.1) is 0 Å². The van der Waals surface area contributed by atoms with Crippen molar-refractivity contribution in [2.75, 3.05) is 0 Å². The van der Waals surface area contributed by atoms with Gasteiger partial charge in [-0.3, -0.25) is 0 Å². The summed E-state index contributed by atoms with van der Waals surface area (Å²) in [7, 11) is 0. The molecular formula is C26H21I. The van der Waals surface area contributed by atoms with E-state index in [1.807, 2.05) is 0 Å². The Morgan fingerprint density at radius 2 is 0.778 bits per heavy atom. The Kier molecular flexibility index (Phi) is 5.40. The molecule has 0 saturated heterocycles. The molecule has 0 heterocycles. The molecule has 0 spiro atoms. The zero-order chi connectivity index (χ0) is 18.5. The average molecular weight is 460 g/mol. The van der Waals surface area contributed by atoms with Crippen molar-refractivity contribution >= 4 is 22.6 Å². The molecule has 0 unspecified atom stereocenters. The first-order valence-corrected chi connectivity index (χ1v) is 10.7. The van der Waals surface area contributed by atoms with Gasteiger partial charge in [0.25, 0.3) is 0 Å². The van der Waals surface area contributed by atoms with Gasteiger partial charge in [-0.05, 0) is 27.8 Å². The van der Waals surface area contributed by atoms with E-state index in [1.54, 1.807) is 0 Å². The maximum atomic E-state index is 2.42. The quantitative estimate of drug-likeness (QED) is 0.171. The van der Waals surface area contributed by atoms with Crippen LogP contribution in [0.2, 0.25) is 0 Å². The lowest BCUT2D eigenvalue weighted by molar-refractivity contribution is 0.745. The molecule has 0 aliphatic rings. The van der Waals surface area contributed by atoms with E-state index in [1.165, 1.54) is 27.8 Å². The summed E-state index contributed by atoms with van der Waals surface area (Å²) in [6.45, 7) is 0. The summed E-state index contributed by atoms with van der Waals surface area (Å²) < 4.78 is 1.02. The second kappa shape index (κ2) is 8.10. The van der Waals surface area contributed by atoms with Crippen molar-refractivity contribution in [3.05, 3.63) is 143 Å². The summed E-state index contributed by atoms with van der Waals surface area (Å²) in [5, 5.41) is 0. The van der Waals surface area contributed by atoms with E-state index in [0.717, 1.165) is 4.43 Å². The second-order valence-corrected chi connectivity index (χ2v) is 7.44. The van der Waals surface area contributed by atoms with Gasteiger partial charge in [0.15, 0.2) is 0 Å². The minimum atomic E-state index is -0.340. The smallest absolute Gasteiger partial charge is 0.0701 e. The fourth-order valence-corrected chi connectivity index (χ4v) is 4.42. The van der Waals surface area contributed by atoms with Crippen molar-refractivity contribution in [3.8, 4) is 0 Å². The summed E-state index contributed by atoms with van der Waals surface area (Å²) >= 11 is 2.42. The predicted octanol–water partition coefficient (Wildman–Crippen LogP) is 7.00. The van der Waals surface area contributed by atoms with Crippen molar-refractivity contribution in [1.29, 1.82) is 0 Å². The summed E-state index contributed by atoms with van der Waals surface area (Å²) in [6, 6.07) is 41.6. The van der Waals surface area contributed by atoms with Crippen molar-refractivity contribution in [2.45, 2.75) is 9.84 Å². The zero-order valence-corrected chi connectivity index (χ0v) is 17.2. The van der Waals surface area contributed by atoms with E-state index in [9.17, 15) is 0 Å². The molecule has 0 bridgehead atoms. The molecule has 0 amide bonds. The van der Waals surface area contributed by atoms with Crippen LogP contribution in [0.15, 0.2) is 115 Å². The molecule has 0 aromatic heterocycles. The van der Waals surface area contributed by atoms with Gasteiger partial charge in [0.1, 0.15) is 0 Å². The Bertz CT molecular complexity index is 878. The SMILES string of the molecule is ICc1ccc(C(c2ccccc2)(c2ccccc2)c2ccccc2)cc1. The lowest BCUT2D eigenvalue weighted by Crippen LogP contribution is -2.30. The third-order valence-electron chi connectivity index (χ3n) is 5.16. The molecule has 0 N–H and O–H groups in total. The molecule has 0 aliphatic heterocycles. The molecular weight excluding hydrogens is 439 g/mol. The fraction of sp³-hybridized carbons (Fsp3) is 0.0769. The van der Waals surface area contributed by atoms with Gasteiger partial charge >= 0.3 is 0 Å². The second-order valence-electron chi connectivity index (χ2n) is 6.68. The Labute approximate surface area is 175 Å². The van der Waals surface area contributed by atoms with Crippen LogP contribution < -0.4 is 0 Å². The predicted molar refractivity (Wildman–Crippen MR) is 122 cm³/mol. The van der Waals surface area contributed by atoms with Crippen molar-refractivity contribution in [2.24, 2.45) is 0 Å². The normalized spacial score (nSPS) is 11.3. The van der Waals surface area contributed by atoms with Gasteiger partial charge in [0.05, 0.1) is 5.41 Å². The van der Waals surface area contributed by atoms with Gasteiger partial charge in [-0.1, -0.05) is 138 Å². The van der Waals surface area contributed by atoms with Crippen molar-refractivity contribution in [3.63, 3.8) is 0 Å². The summed E-state index contributed by atoms with van der Waals surface area (Å²) in [4.78, 5) is 0. The molecule has 0 radical (unpaired) electrons. The molecule has 0 fully saturated rings. The summed E-state index contributed by atoms with van der Waals surface area (Å²) in [5.41, 5.74) is 6.15. The molecule has 0 saturated carbocycles. The van der Waals surface area contributed by atoms with Crippen LogP contribution in [0.3, 0.4) is 0 Å². The molecule has 4 rings (SSSR count). The zero-order valence-electron chi connectivity index (χ0n) is 15.1. The first-order chi connectivity index (χ1) is 13.4. The molecule has 4 aromatic carbocycles. The van der Waals surface area contributed by atoms with Crippen LogP contribution in [0.1, 0.15) is 27.8 Å². The fourth-order valence-electron chi connectivity index (χ4n) is 3.91. The van der Waals surface area contributed by atoms with Gasteiger partial charge in [0, 0.05) is 4.43 Å². The Hall–Kier alpha value is -2.39. The van der Waals surface area contributed by atoms with Gasteiger partial charge < -0.3 is 0 Å². The number of hydrogen-bond acceptors (Lipinski definition) is 0. The number of rotatable bonds is 5. The maximum absolute atomic E-state index is 2.42. The van der Waals surface area contributed by atoms with Gasteiger partial charge in [-0.2, -0.15) is 0 Å². The number of alkyl halides is 1. The van der Waals surface area contributed by atoms with Crippen LogP contribution in [0.4, 0.5) is 0 Å². The lowest BCUT2D eigenvalue weighted by Gasteiger charge is -2.37. The minimum absolute atomic E-state index is 0.340. The van der Waals surface area contributed by atoms with Gasteiger partial charge in [-0.25, -0.2) is 0 Å². The Balaban J connectivity index is 2.09. The Morgan fingerprint density at radius 3 is 1.11 bits per heavy atom. The molecule has 0 nitrogen and oxygen atoms in total. The highest BCUT2D eigenvalue weighted by Gasteiger charge is 2.37. The summed E-state index contributed by atoms with van der Waals surface area (Å²) in [5.74, 6) is 0. The Morgan fingerprint density at radius 1 is 0.444 bits per heavy atom. The maximum Gasteiger partial charge on any atom is 0.0701 e. The van der Waals surface area contributed by atoms with E-state index >= 15 is 0 Å². The largest absolute Gasteiger partial charge is 0.0812 e. The number of halogens is 1. The first-order valence-electron chi connectivity index (χ1n) is 9.17.